The highest BCUT2D eigenvalue weighted by Crippen LogP contribution is 2.70. The molecule has 6 rings (SSSR count). The second-order valence-electron chi connectivity index (χ2n) is 5.82. The molecule has 0 saturated heterocycles. The van der Waals surface area contributed by atoms with E-state index in [1.165, 1.54) is 49.0 Å². The molecular formula is C20H10S6. The van der Waals surface area contributed by atoms with Crippen LogP contribution in [0.1, 0.15) is 11.1 Å². The minimum absolute atomic E-state index is 1.37. The van der Waals surface area contributed by atoms with Gasteiger partial charge in [0, 0.05) is 5.57 Å². The Bertz CT molecular complexity index is 1010. The lowest BCUT2D eigenvalue weighted by atomic mass is 10.1. The number of benzene rings is 2. The summed E-state index contributed by atoms with van der Waals surface area (Å²) < 4.78 is 7.23. The average molecular weight is 443 g/mol. The van der Waals surface area contributed by atoms with Crippen LogP contribution in [0, 0.1) is 0 Å². The molecule has 6 heteroatoms. The predicted molar refractivity (Wildman–Crippen MR) is 127 cm³/mol. The summed E-state index contributed by atoms with van der Waals surface area (Å²) in [6.07, 6.45) is 0. The topological polar surface area (TPSA) is 0 Å². The van der Waals surface area contributed by atoms with Crippen molar-refractivity contribution in [3.63, 3.8) is 0 Å². The first-order valence-corrected chi connectivity index (χ1v) is 13.0. The van der Waals surface area contributed by atoms with Gasteiger partial charge >= 0.3 is 0 Å². The third-order valence-corrected chi connectivity index (χ3v) is 12.6. The van der Waals surface area contributed by atoms with E-state index in [1.807, 2.05) is 70.6 Å². The fourth-order valence-corrected chi connectivity index (χ4v) is 11.9. The molecular weight excluding hydrogens is 433 g/mol. The largest absolute Gasteiger partial charge is 0.0884 e. The van der Waals surface area contributed by atoms with Crippen LogP contribution in [0.3, 0.4) is 0 Å². The zero-order chi connectivity index (χ0) is 17.1. The first-order valence-electron chi connectivity index (χ1n) is 8.00. The lowest BCUT2D eigenvalue weighted by molar-refractivity contribution is 1.65. The summed E-state index contributed by atoms with van der Waals surface area (Å²) in [6.45, 7) is 0. The first-order chi connectivity index (χ1) is 12.9. The van der Waals surface area contributed by atoms with E-state index in [1.54, 1.807) is 0 Å². The van der Waals surface area contributed by atoms with Crippen molar-refractivity contribution in [3.8, 4) is 11.1 Å². The first kappa shape index (κ1) is 16.5. The Balaban J connectivity index is 1.40. The molecule has 0 radical (unpaired) electrons. The summed E-state index contributed by atoms with van der Waals surface area (Å²) in [6, 6.07) is 17.6. The smallest absolute Gasteiger partial charge is 0.0717 e. The summed E-state index contributed by atoms with van der Waals surface area (Å²) in [5.74, 6) is 0. The van der Waals surface area contributed by atoms with Crippen molar-refractivity contribution in [2.24, 2.45) is 0 Å². The molecule has 3 heterocycles. The maximum atomic E-state index is 2.27. The second kappa shape index (κ2) is 6.54. The van der Waals surface area contributed by atoms with Crippen molar-refractivity contribution in [1.82, 2.24) is 0 Å². The lowest BCUT2D eigenvalue weighted by Gasteiger charge is -2.09. The van der Waals surface area contributed by atoms with Crippen LogP contribution in [-0.4, -0.2) is 0 Å². The molecule has 126 valence electrons. The van der Waals surface area contributed by atoms with Gasteiger partial charge in [0.05, 0.1) is 21.2 Å². The Morgan fingerprint density at radius 2 is 0.846 bits per heavy atom. The zero-order valence-electron chi connectivity index (χ0n) is 13.2. The minimum atomic E-state index is 1.37. The van der Waals surface area contributed by atoms with Gasteiger partial charge in [0.1, 0.15) is 0 Å². The van der Waals surface area contributed by atoms with Crippen molar-refractivity contribution < 1.29 is 0 Å². The third-order valence-electron chi connectivity index (χ3n) is 4.37. The van der Waals surface area contributed by atoms with Crippen molar-refractivity contribution in [3.05, 3.63) is 91.7 Å². The monoisotopic (exact) mass is 442 g/mol. The van der Waals surface area contributed by atoms with Gasteiger partial charge in [0.15, 0.2) is 0 Å². The Hall–Kier alpha value is -0.500. The average Bonchev–Trinajstić information content (AvgIpc) is 3.42. The van der Waals surface area contributed by atoms with E-state index in [9.17, 15) is 0 Å². The number of rotatable bonds is 0. The normalized spacial score (nSPS) is 20.3. The fourth-order valence-electron chi connectivity index (χ4n) is 3.31. The molecule has 0 bridgehead atoms. The molecule has 0 unspecified atom stereocenters. The van der Waals surface area contributed by atoms with E-state index in [0.29, 0.717) is 0 Å². The molecule has 0 nitrogen and oxygen atoms in total. The number of hydrogen-bond acceptors (Lipinski definition) is 6. The molecule has 0 fully saturated rings. The van der Waals surface area contributed by atoms with Crippen molar-refractivity contribution in [2.45, 2.75) is 0 Å². The molecule has 2 aromatic carbocycles. The highest BCUT2D eigenvalue weighted by atomic mass is 32.3. The van der Waals surface area contributed by atoms with E-state index in [2.05, 4.69) is 59.3 Å². The number of fused-ring (bicyclic) bond motifs is 3. The van der Waals surface area contributed by atoms with Crippen LogP contribution in [0.5, 0.6) is 0 Å². The van der Waals surface area contributed by atoms with Crippen LogP contribution in [0.2, 0.25) is 0 Å². The molecule has 1 aliphatic carbocycles. The summed E-state index contributed by atoms with van der Waals surface area (Å²) in [5.41, 5.74) is 6.91. The summed E-state index contributed by atoms with van der Waals surface area (Å²) >= 11 is 11.5. The quantitative estimate of drug-likeness (QED) is 0.339. The molecule has 3 aliphatic heterocycles. The molecule has 0 saturated carbocycles. The van der Waals surface area contributed by atoms with Crippen LogP contribution in [0.4, 0.5) is 0 Å². The van der Waals surface area contributed by atoms with Gasteiger partial charge in [-0.05, 0) is 33.1 Å². The lowest BCUT2D eigenvalue weighted by Crippen LogP contribution is -1.83. The third kappa shape index (κ3) is 2.54. The van der Waals surface area contributed by atoms with Crippen LogP contribution in [0.15, 0.2) is 80.5 Å². The molecule has 26 heavy (non-hydrogen) atoms. The second-order valence-corrected chi connectivity index (χ2v) is 13.0. The Kier molecular flexibility index (Phi) is 4.14. The molecule has 0 amide bonds. The standard InChI is InChI=1S/C20H10S6/c1-3-7-13-11(5-1)12-6-2-4-8-14(12)15(13)16-23-19-20(24-16)26-18(25-19)17-21-9-10-22-17/h1-10H. The van der Waals surface area contributed by atoms with Crippen LogP contribution in [0.25, 0.3) is 16.7 Å². The van der Waals surface area contributed by atoms with Gasteiger partial charge in [-0.2, -0.15) is 0 Å². The Labute approximate surface area is 177 Å². The summed E-state index contributed by atoms with van der Waals surface area (Å²) in [4.78, 5) is 0. The van der Waals surface area contributed by atoms with E-state index >= 15 is 0 Å². The summed E-state index contributed by atoms with van der Waals surface area (Å²) in [5, 5.41) is 4.36. The highest BCUT2D eigenvalue weighted by molar-refractivity contribution is 8.49. The minimum Gasteiger partial charge on any atom is -0.0884 e. The number of thioether (sulfide) groups is 6. The van der Waals surface area contributed by atoms with Gasteiger partial charge in [-0.15, -0.1) is 0 Å². The van der Waals surface area contributed by atoms with Crippen molar-refractivity contribution in [1.29, 1.82) is 0 Å². The van der Waals surface area contributed by atoms with E-state index in [4.69, 9.17) is 0 Å². The zero-order valence-corrected chi connectivity index (χ0v) is 18.1. The maximum absolute atomic E-state index is 2.27. The van der Waals surface area contributed by atoms with E-state index < -0.39 is 0 Å². The molecule has 0 aromatic heterocycles. The molecule has 0 spiro atoms. The van der Waals surface area contributed by atoms with Gasteiger partial charge in [-0.25, -0.2) is 0 Å². The van der Waals surface area contributed by atoms with E-state index in [-0.39, 0.29) is 0 Å². The van der Waals surface area contributed by atoms with Gasteiger partial charge < -0.3 is 0 Å². The highest BCUT2D eigenvalue weighted by Gasteiger charge is 2.36. The van der Waals surface area contributed by atoms with Gasteiger partial charge in [0.2, 0.25) is 0 Å². The molecule has 4 aliphatic rings. The number of hydrogen-bond donors (Lipinski definition) is 0. The van der Waals surface area contributed by atoms with Crippen molar-refractivity contribution in [2.75, 3.05) is 0 Å². The fraction of sp³-hybridized carbons (Fsp3) is 0. The van der Waals surface area contributed by atoms with Crippen LogP contribution >= 0.6 is 70.6 Å². The van der Waals surface area contributed by atoms with Crippen LogP contribution < -0.4 is 0 Å². The Morgan fingerprint density at radius 1 is 0.423 bits per heavy atom. The van der Waals surface area contributed by atoms with Gasteiger partial charge in [-0.1, -0.05) is 119 Å². The summed E-state index contributed by atoms with van der Waals surface area (Å²) in [7, 11) is 0. The Morgan fingerprint density at radius 3 is 1.38 bits per heavy atom. The molecule has 2 aromatic rings. The SMILES string of the molecule is C1=CSC(=C2SC3=C(S2)SC(=C2c4ccccc4-c4ccccc42)S3)S1. The van der Waals surface area contributed by atoms with Gasteiger partial charge in [-0.3, -0.25) is 0 Å². The van der Waals surface area contributed by atoms with E-state index in [0.717, 1.165) is 0 Å². The van der Waals surface area contributed by atoms with Crippen molar-refractivity contribution >= 4 is 76.1 Å². The molecule has 0 atom stereocenters. The molecule has 0 N–H and O–H groups in total. The predicted octanol–water partition coefficient (Wildman–Crippen LogP) is 8.55. The van der Waals surface area contributed by atoms with Gasteiger partial charge in [0.25, 0.3) is 0 Å². The maximum Gasteiger partial charge on any atom is 0.0717 e. The van der Waals surface area contributed by atoms with Crippen LogP contribution in [-0.2, 0) is 0 Å².